The zero-order valence-corrected chi connectivity index (χ0v) is 15.8. The number of amides is 1. The van der Waals surface area contributed by atoms with E-state index < -0.39 is 17.6 Å². The first-order chi connectivity index (χ1) is 13.7. The second kappa shape index (κ2) is 7.98. The Morgan fingerprint density at radius 1 is 1.14 bits per heavy atom. The van der Waals surface area contributed by atoms with E-state index in [1.54, 1.807) is 19.1 Å². The van der Waals surface area contributed by atoms with Gasteiger partial charge in [-0.05, 0) is 30.7 Å². The second-order valence-corrected chi connectivity index (χ2v) is 6.52. The van der Waals surface area contributed by atoms with Crippen molar-refractivity contribution >= 4 is 22.5 Å². The van der Waals surface area contributed by atoms with Gasteiger partial charge in [0.2, 0.25) is 5.91 Å². The predicted octanol–water partition coefficient (Wildman–Crippen LogP) is 4.37. The molecule has 1 heterocycles. The van der Waals surface area contributed by atoms with Crippen LogP contribution in [0.2, 0.25) is 0 Å². The molecule has 0 aliphatic rings. The van der Waals surface area contributed by atoms with Crippen LogP contribution in [0.15, 0.2) is 53.3 Å². The summed E-state index contributed by atoms with van der Waals surface area (Å²) in [6.07, 6.45) is -4.76. The number of carbonyl (C=O) groups is 1. The number of halogens is 3. The third-order valence-corrected chi connectivity index (χ3v) is 4.59. The number of rotatable bonds is 5. The molecule has 0 bridgehead atoms. The summed E-state index contributed by atoms with van der Waals surface area (Å²) in [5.41, 5.74) is -0.244. The number of alkyl halides is 3. The summed E-state index contributed by atoms with van der Waals surface area (Å²) >= 11 is 0. The van der Waals surface area contributed by atoms with Crippen LogP contribution in [0, 0.1) is 6.92 Å². The molecule has 0 aliphatic carbocycles. The van der Waals surface area contributed by atoms with Gasteiger partial charge in [-0.1, -0.05) is 24.3 Å². The number of ether oxygens (including phenoxy) is 1. The van der Waals surface area contributed by atoms with Crippen LogP contribution in [0.3, 0.4) is 0 Å². The number of benzene rings is 2. The molecule has 1 aromatic heterocycles. The van der Waals surface area contributed by atoms with Crippen LogP contribution in [0.5, 0.6) is 5.75 Å². The first-order valence-electron chi connectivity index (χ1n) is 8.85. The summed E-state index contributed by atoms with van der Waals surface area (Å²) in [6, 6.07) is 11.6. The molecular formula is C21H19F3N2O3. The van der Waals surface area contributed by atoms with Crippen LogP contribution in [0.25, 0.3) is 10.9 Å². The summed E-state index contributed by atoms with van der Waals surface area (Å²) in [4.78, 5) is 24.8. The van der Waals surface area contributed by atoms with Crippen molar-refractivity contribution in [1.82, 2.24) is 4.57 Å². The lowest BCUT2D eigenvalue weighted by molar-refractivity contribution is -0.137. The summed E-state index contributed by atoms with van der Waals surface area (Å²) < 4.78 is 46.0. The lowest BCUT2D eigenvalue weighted by Gasteiger charge is -2.16. The number of methoxy groups -OCH3 is 1. The first-order valence-corrected chi connectivity index (χ1v) is 8.85. The van der Waals surface area contributed by atoms with Gasteiger partial charge in [-0.3, -0.25) is 9.59 Å². The maximum atomic E-state index is 13.1. The average molecular weight is 404 g/mol. The van der Waals surface area contributed by atoms with Gasteiger partial charge in [-0.15, -0.1) is 0 Å². The van der Waals surface area contributed by atoms with Crippen molar-refractivity contribution in [2.45, 2.75) is 26.1 Å². The third kappa shape index (κ3) is 4.26. The molecule has 0 radical (unpaired) electrons. The van der Waals surface area contributed by atoms with Crippen molar-refractivity contribution in [3.05, 3.63) is 70.0 Å². The van der Waals surface area contributed by atoms with Crippen LogP contribution in [0.4, 0.5) is 18.9 Å². The molecular weight excluding hydrogens is 385 g/mol. The Morgan fingerprint density at radius 3 is 2.55 bits per heavy atom. The van der Waals surface area contributed by atoms with Crippen molar-refractivity contribution in [2.75, 3.05) is 12.4 Å². The van der Waals surface area contributed by atoms with E-state index in [1.807, 2.05) is 6.07 Å². The number of anilines is 1. The smallest absolute Gasteiger partial charge is 0.418 e. The minimum Gasteiger partial charge on any atom is -0.495 e. The molecule has 0 atom stereocenters. The molecule has 29 heavy (non-hydrogen) atoms. The zero-order valence-electron chi connectivity index (χ0n) is 15.8. The van der Waals surface area contributed by atoms with Crippen molar-refractivity contribution < 1.29 is 22.7 Å². The van der Waals surface area contributed by atoms with Gasteiger partial charge in [0.1, 0.15) is 5.75 Å². The summed E-state index contributed by atoms with van der Waals surface area (Å²) in [5, 5.41) is 3.09. The molecule has 1 N–H and O–H groups in total. The van der Waals surface area contributed by atoms with Gasteiger partial charge in [0.05, 0.1) is 23.9 Å². The SMILES string of the molecule is COc1cccc2c(C)cc(=O)n(CCC(=O)Nc3ccccc3C(F)(F)F)c12. The molecule has 0 unspecified atom stereocenters. The standard InChI is InChI=1S/C21H19F3N2O3/c1-13-12-19(28)26(20-14(13)6-5-9-17(20)29-2)11-10-18(27)25-16-8-4-3-7-15(16)21(22,23)24/h3-9,12H,10-11H2,1-2H3,(H,25,27). The molecule has 3 rings (SSSR count). The topological polar surface area (TPSA) is 60.3 Å². The van der Waals surface area contributed by atoms with Gasteiger partial charge in [-0.25, -0.2) is 0 Å². The monoisotopic (exact) mass is 404 g/mol. The fourth-order valence-electron chi connectivity index (χ4n) is 3.22. The van der Waals surface area contributed by atoms with Crippen LogP contribution < -0.4 is 15.6 Å². The highest BCUT2D eigenvalue weighted by molar-refractivity contribution is 5.92. The minimum absolute atomic E-state index is 0.00396. The highest BCUT2D eigenvalue weighted by Gasteiger charge is 2.33. The predicted molar refractivity (Wildman–Crippen MR) is 104 cm³/mol. The molecule has 152 valence electrons. The maximum absolute atomic E-state index is 13.1. The van der Waals surface area contributed by atoms with E-state index in [1.165, 1.54) is 35.9 Å². The number of hydrogen-bond donors (Lipinski definition) is 1. The summed E-state index contributed by atoms with van der Waals surface area (Å²) in [5.74, 6) is -0.150. The van der Waals surface area contributed by atoms with Crippen molar-refractivity contribution in [3.8, 4) is 5.75 Å². The molecule has 5 nitrogen and oxygen atoms in total. The fraction of sp³-hybridized carbons (Fsp3) is 0.238. The Hall–Kier alpha value is -3.29. The van der Waals surface area contributed by atoms with Gasteiger partial charge in [-0.2, -0.15) is 13.2 Å². The molecule has 0 spiro atoms. The fourth-order valence-corrected chi connectivity index (χ4v) is 3.22. The minimum atomic E-state index is -4.58. The Balaban J connectivity index is 1.87. The normalized spacial score (nSPS) is 11.5. The van der Waals surface area contributed by atoms with Crippen LogP contribution >= 0.6 is 0 Å². The summed E-state index contributed by atoms with van der Waals surface area (Å²) in [7, 11) is 1.48. The van der Waals surface area contributed by atoms with Gasteiger partial charge in [0, 0.05) is 24.4 Å². The second-order valence-electron chi connectivity index (χ2n) is 6.52. The maximum Gasteiger partial charge on any atom is 0.418 e. The number of para-hydroxylation sites is 2. The molecule has 1 amide bonds. The van der Waals surface area contributed by atoms with Crippen molar-refractivity contribution in [3.63, 3.8) is 0 Å². The Labute approximate surface area is 164 Å². The molecule has 0 fully saturated rings. The number of aromatic nitrogens is 1. The van der Waals surface area contributed by atoms with E-state index in [-0.39, 0.29) is 24.2 Å². The average Bonchev–Trinajstić information content (AvgIpc) is 2.67. The highest BCUT2D eigenvalue weighted by Crippen LogP contribution is 2.34. The Morgan fingerprint density at radius 2 is 1.86 bits per heavy atom. The Kier molecular flexibility index (Phi) is 5.63. The van der Waals surface area contributed by atoms with E-state index in [9.17, 15) is 22.8 Å². The van der Waals surface area contributed by atoms with Gasteiger partial charge in [0.25, 0.3) is 5.56 Å². The molecule has 3 aromatic rings. The van der Waals surface area contributed by atoms with Gasteiger partial charge < -0.3 is 14.6 Å². The van der Waals surface area contributed by atoms with E-state index in [0.29, 0.717) is 11.3 Å². The number of carbonyl (C=O) groups excluding carboxylic acids is 1. The number of hydrogen-bond acceptors (Lipinski definition) is 3. The molecule has 0 aliphatic heterocycles. The Bertz CT molecular complexity index is 1120. The molecule has 8 heteroatoms. The molecule has 0 saturated heterocycles. The van der Waals surface area contributed by atoms with Crippen molar-refractivity contribution in [2.24, 2.45) is 0 Å². The van der Waals surface area contributed by atoms with Gasteiger partial charge in [0.15, 0.2) is 0 Å². The molecule has 0 saturated carbocycles. The zero-order chi connectivity index (χ0) is 21.2. The van der Waals surface area contributed by atoms with E-state index >= 15 is 0 Å². The van der Waals surface area contributed by atoms with Crippen LogP contribution in [-0.4, -0.2) is 17.6 Å². The highest BCUT2D eigenvalue weighted by atomic mass is 19.4. The van der Waals surface area contributed by atoms with Crippen LogP contribution in [-0.2, 0) is 17.5 Å². The van der Waals surface area contributed by atoms with Gasteiger partial charge >= 0.3 is 6.18 Å². The van der Waals surface area contributed by atoms with E-state index in [0.717, 1.165) is 17.0 Å². The lowest BCUT2D eigenvalue weighted by Crippen LogP contribution is -2.24. The number of nitrogens with one attached hydrogen (secondary N) is 1. The van der Waals surface area contributed by atoms with Crippen molar-refractivity contribution in [1.29, 1.82) is 0 Å². The van der Waals surface area contributed by atoms with E-state index in [4.69, 9.17) is 4.74 Å². The quantitative estimate of drug-likeness (QED) is 0.687. The number of nitrogens with zero attached hydrogens (tertiary/aromatic N) is 1. The van der Waals surface area contributed by atoms with Crippen LogP contribution in [0.1, 0.15) is 17.5 Å². The lowest BCUT2D eigenvalue weighted by atomic mass is 10.1. The number of aryl methyl sites for hydroxylation is 2. The first kappa shape index (κ1) is 20.4. The number of pyridine rings is 1. The molecule has 2 aromatic carbocycles. The summed E-state index contributed by atoms with van der Waals surface area (Å²) in [6.45, 7) is 1.80. The van der Waals surface area contributed by atoms with E-state index in [2.05, 4.69) is 5.32 Å². The number of fused-ring (bicyclic) bond motifs is 1. The third-order valence-electron chi connectivity index (χ3n) is 4.59. The largest absolute Gasteiger partial charge is 0.495 e.